The predicted octanol–water partition coefficient (Wildman–Crippen LogP) is 3.13. The largest absolute Gasteiger partial charge is 0.382 e. The molecule has 0 saturated carbocycles. The number of carbonyl (C=O) groups excluding carboxylic acids is 1. The molecule has 2 aromatic rings. The maximum Gasteiger partial charge on any atom is 0.269 e. The number of oxime groups is 1. The average Bonchev–Trinajstić information content (AvgIpc) is 3.14. The highest BCUT2D eigenvalue weighted by molar-refractivity contribution is 6.01. The van der Waals surface area contributed by atoms with Crippen LogP contribution in [0, 0.1) is 12.8 Å². The summed E-state index contributed by atoms with van der Waals surface area (Å²) in [6, 6.07) is 9.91. The van der Waals surface area contributed by atoms with E-state index in [4.69, 9.17) is 4.84 Å². The van der Waals surface area contributed by atoms with Crippen molar-refractivity contribution in [2.24, 2.45) is 18.1 Å². The Labute approximate surface area is 141 Å². The van der Waals surface area contributed by atoms with Gasteiger partial charge in [-0.05, 0) is 18.4 Å². The molecule has 3 rings (SSSR count). The number of aryl methyl sites for hydroxylation is 2. The Bertz CT molecular complexity index is 778. The van der Waals surface area contributed by atoms with Gasteiger partial charge >= 0.3 is 0 Å². The molecule has 0 bridgehead atoms. The first-order valence-electron chi connectivity index (χ1n) is 8.09. The zero-order valence-corrected chi connectivity index (χ0v) is 14.4. The van der Waals surface area contributed by atoms with Gasteiger partial charge in [0.2, 0.25) is 6.10 Å². The van der Waals surface area contributed by atoms with E-state index in [0.717, 1.165) is 22.5 Å². The van der Waals surface area contributed by atoms with Gasteiger partial charge in [-0.2, -0.15) is 5.10 Å². The van der Waals surface area contributed by atoms with E-state index >= 15 is 0 Å². The lowest BCUT2D eigenvalue weighted by molar-refractivity contribution is -0.125. The monoisotopic (exact) mass is 326 g/mol. The van der Waals surface area contributed by atoms with E-state index < -0.39 is 6.10 Å². The van der Waals surface area contributed by atoms with Gasteiger partial charge in [-0.15, -0.1) is 0 Å². The number of nitrogens with zero attached hydrogens (tertiary/aromatic N) is 3. The van der Waals surface area contributed by atoms with Gasteiger partial charge in [-0.25, -0.2) is 0 Å². The van der Waals surface area contributed by atoms with E-state index in [1.54, 1.807) is 4.68 Å². The molecule has 1 N–H and O–H groups in total. The zero-order chi connectivity index (χ0) is 17.3. The van der Waals surface area contributed by atoms with Crippen molar-refractivity contribution in [3.8, 4) is 11.1 Å². The molecule has 1 unspecified atom stereocenters. The van der Waals surface area contributed by atoms with Crippen LogP contribution in [0.4, 0.5) is 5.82 Å². The fourth-order valence-electron chi connectivity index (χ4n) is 2.83. The Hall–Kier alpha value is -2.63. The van der Waals surface area contributed by atoms with Crippen LogP contribution in [0.15, 0.2) is 35.5 Å². The van der Waals surface area contributed by atoms with Crippen molar-refractivity contribution in [3.63, 3.8) is 0 Å². The fraction of sp³-hybridized carbons (Fsp3) is 0.389. The normalized spacial score (nSPS) is 16.9. The van der Waals surface area contributed by atoms with Gasteiger partial charge in [-0.3, -0.25) is 9.48 Å². The minimum Gasteiger partial charge on any atom is -0.382 e. The molecule has 1 aliphatic heterocycles. The van der Waals surface area contributed by atoms with Gasteiger partial charge in [0.25, 0.3) is 5.91 Å². The van der Waals surface area contributed by atoms with E-state index in [1.165, 1.54) is 0 Å². The van der Waals surface area contributed by atoms with Crippen molar-refractivity contribution in [1.29, 1.82) is 0 Å². The molecule has 1 aromatic heterocycles. The molecule has 0 fully saturated rings. The lowest BCUT2D eigenvalue weighted by Crippen LogP contribution is -2.29. The summed E-state index contributed by atoms with van der Waals surface area (Å²) >= 11 is 0. The van der Waals surface area contributed by atoms with Gasteiger partial charge in [0.1, 0.15) is 5.82 Å². The van der Waals surface area contributed by atoms with Gasteiger partial charge in [-0.1, -0.05) is 49.3 Å². The quantitative estimate of drug-likeness (QED) is 0.938. The summed E-state index contributed by atoms with van der Waals surface area (Å²) < 4.78 is 1.69. The van der Waals surface area contributed by atoms with Crippen molar-refractivity contribution in [2.45, 2.75) is 33.3 Å². The lowest BCUT2D eigenvalue weighted by atomic mass is 10.0. The van der Waals surface area contributed by atoms with Crippen LogP contribution in [0.3, 0.4) is 0 Å². The van der Waals surface area contributed by atoms with Crippen LogP contribution >= 0.6 is 0 Å². The summed E-state index contributed by atoms with van der Waals surface area (Å²) in [6.07, 6.45) is -0.0534. The molecule has 0 spiro atoms. The molecule has 24 heavy (non-hydrogen) atoms. The van der Waals surface area contributed by atoms with E-state index in [-0.39, 0.29) is 11.8 Å². The molecule has 1 aliphatic rings. The van der Waals surface area contributed by atoms with Crippen LogP contribution in [0.25, 0.3) is 11.1 Å². The Kier molecular flexibility index (Phi) is 4.38. The minimum absolute atomic E-state index is 0.199. The molecule has 6 heteroatoms. The second kappa shape index (κ2) is 6.47. The highest BCUT2D eigenvalue weighted by atomic mass is 16.6. The topological polar surface area (TPSA) is 68.5 Å². The number of hydrogen-bond acceptors (Lipinski definition) is 4. The standard InChI is InChI=1S/C18H22N4O2/c1-11(2)14-10-15(24-21-14)18(23)19-17-16(12(3)20-22(17)4)13-8-6-5-7-9-13/h5-9,11,15H,10H2,1-4H3,(H,19,23). The summed E-state index contributed by atoms with van der Waals surface area (Å²) in [5.41, 5.74) is 3.73. The van der Waals surface area contributed by atoms with Crippen molar-refractivity contribution in [1.82, 2.24) is 9.78 Å². The number of aromatic nitrogens is 2. The van der Waals surface area contributed by atoms with Crippen LogP contribution in [-0.2, 0) is 16.7 Å². The Morgan fingerprint density at radius 1 is 1.33 bits per heavy atom. The molecule has 0 aliphatic carbocycles. The maximum absolute atomic E-state index is 12.6. The Morgan fingerprint density at radius 2 is 2.04 bits per heavy atom. The molecule has 1 aromatic carbocycles. The second-order valence-corrected chi connectivity index (χ2v) is 6.32. The van der Waals surface area contributed by atoms with Crippen LogP contribution in [0.1, 0.15) is 26.0 Å². The zero-order valence-electron chi connectivity index (χ0n) is 14.4. The predicted molar refractivity (Wildman–Crippen MR) is 93.8 cm³/mol. The van der Waals surface area contributed by atoms with E-state index in [2.05, 4.69) is 15.6 Å². The molecule has 2 heterocycles. The van der Waals surface area contributed by atoms with Crippen molar-refractivity contribution < 1.29 is 9.63 Å². The summed E-state index contributed by atoms with van der Waals surface area (Å²) in [7, 11) is 1.82. The minimum atomic E-state index is -0.582. The highest BCUT2D eigenvalue weighted by Gasteiger charge is 2.30. The number of anilines is 1. The smallest absolute Gasteiger partial charge is 0.269 e. The number of rotatable bonds is 4. The van der Waals surface area contributed by atoms with E-state index in [9.17, 15) is 4.79 Å². The second-order valence-electron chi connectivity index (χ2n) is 6.32. The average molecular weight is 326 g/mol. The lowest BCUT2D eigenvalue weighted by Gasteiger charge is -2.12. The van der Waals surface area contributed by atoms with Crippen molar-refractivity contribution in [2.75, 3.05) is 5.32 Å². The number of hydrogen-bond donors (Lipinski definition) is 1. The summed E-state index contributed by atoms with van der Waals surface area (Å²) in [6.45, 7) is 6.02. The number of benzene rings is 1. The molecular formula is C18H22N4O2. The third-order valence-corrected chi connectivity index (χ3v) is 4.18. The van der Waals surface area contributed by atoms with Crippen LogP contribution < -0.4 is 5.32 Å². The molecule has 126 valence electrons. The van der Waals surface area contributed by atoms with Gasteiger partial charge in [0.05, 0.1) is 11.4 Å². The molecule has 1 atom stereocenters. The summed E-state index contributed by atoms with van der Waals surface area (Å²) in [5.74, 6) is 0.751. The summed E-state index contributed by atoms with van der Waals surface area (Å²) in [5, 5.41) is 11.4. The number of amides is 1. The third-order valence-electron chi connectivity index (χ3n) is 4.18. The van der Waals surface area contributed by atoms with E-state index in [1.807, 2.05) is 58.2 Å². The molecule has 6 nitrogen and oxygen atoms in total. The first-order chi connectivity index (χ1) is 11.5. The first kappa shape index (κ1) is 16.2. The van der Waals surface area contributed by atoms with Gasteiger partial charge in [0, 0.05) is 19.0 Å². The first-order valence-corrected chi connectivity index (χ1v) is 8.09. The number of carbonyl (C=O) groups is 1. The van der Waals surface area contributed by atoms with Crippen LogP contribution in [0.5, 0.6) is 0 Å². The third kappa shape index (κ3) is 3.04. The number of nitrogens with one attached hydrogen (secondary N) is 1. The maximum atomic E-state index is 12.6. The SMILES string of the molecule is Cc1nn(C)c(NC(=O)C2CC(C(C)C)=NO2)c1-c1ccccc1. The highest BCUT2D eigenvalue weighted by Crippen LogP contribution is 2.31. The van der Waals surface area contributed by atoms with Crippen LogP contribution in [-0.4, -0.2) is 27.5 Å². The molecule has 1 amide bonds. The fourth-order valence-corrected chi connectivity index (χ4v) is 2.83. The molecule has 0 saturated heterocycles. The Morgan fingerprint density at radius 3 is 2.67 bits per heavy atom. The van der Waals surface area contributed by atoms with Gasteiger partial charge < -0.3 is 10.2 Å². The van der Waals surface area contributed by atoms with Gasteiger partial charge in [0.15, 0.2) is 0 Å². The molecule has 0 radical (unpaired) electrons. The van der Waals surface area contributed by atoms with Crippen molar-refractivity contribution in [3.05, 3.63) is 36.0 Å². The molecular weight excluding hydrogens is 304 g/mol. The van der Waals surface area contributed by atoms with E-state index in [0.29, 0.717) is 12.2 Å². The summed E-state index contributed by atoms with van der Waals surface area (Å²) in [4.78, 5) is 17.9. The van der Waals surface area contributed by atoms with Crippen LogP contribution in [0.2, 0.25) is 0 Å². The van der Waals surface area contributed by atoms with Crippen molar-refractivity contribution >= 4 is 17.4 Å². The Balaban J connectivity index is 1.83.